The Kier molecular flexibility index (Phi) is 6.16. The molecule has 5 heteroatoms. The largest absolute Gasteiger partial charge is 0.480 e. The lowest BCUT2D eigenvalue weighted by Gasteiger charge is -2.17. The van der Waals surface area contributed by atoms with Gasteiger partial charge in [-0.25, -0.2) is 0 Å². The zero-order valence-electron chi connectivity index (χ0n) is 7.90. The van der Waals surface area contributed by atoms with Gasteiger partial charge in [0.2, 0.25) is 5.91 Å². The topological polar surface area (TPSA) is 83.6 Å². The molecule has 0 radical (unpaired) electrons. The van der Waals surface area contributed by atoms with Crippen molar-refractivity contribution in [2.45, 2.75) is 12.8 Å². The first-order chi connectivity index (χ1) is 6.56. The molecule has 0 unspecified atom stereocenters. The highest BCUT2D eigenvalue weighted by atomic mass is 16.4. The number of primary amides is 1. The Morgan fingerprint density at radius 2 is 2.07 bits per heavy atom. The molecule has 0 aliphatic carbocycles. The second kappa shape index (κ2) is 6.92. The summed E-state index contributed by atoms with van der Waals surface area (Å²) in [5.41, 5.74) is 4.96. The second-order valence-electron chi connectivity index (χ2n) is 2.88. The molecule has 0 spiro atoms. The van der Waals surface area contributed by atoms with E-state index in [4.69, 9.17) is 17.3 Å². The molecule has 0 saturated carbocycles. The first-order valence-electron chi connectivity index (χ1n) is 4.22. The average molecular weight is 198 g/mol. The predicted molar refractivity (Wildman–Crippen MR) is 51.3 cm³/mol. The number of carboxylic acid groups (broad SMARTS) is 1. The number of carbonyl (C=O) groups excluding carboxylic acids is 1. The maximum absolute atomic E-state index is 10.6. The van der Waals surface area contributed by atoms with E-state index in [1.54, 1.807) is 0 Å². The van der Waals surface area contributed by atoms with Crippen LogP contribution in [-0.2, 0) is 9.59 Å². The van der Waals surface area contributed by atoms with E-state index in [1.165, 1.54) is 4.90 Å². The van der Waals surface area contributed by atoms with E-state index in [-0.39, 0.29) is 13.1 Å². The van der Waals surface area contributed by atoms with Crippen molar-refractivity contribution >= 4 is 11.9 Å². The molecule has 5 nitrogen and oxygen atoms in total. The van der Waals surface area contributed by atoms with Crippen molar-refractivity contribution in [1.29, 1.82) is 0 Å². The maximum atomic E-state index is 10.6. The molecule has 0 aliphatic heterocycles. The number of carboxylic acids is 1. The third kappa shape index (κ3) is 7.13. The average Bonchev–Trinajstić information content (AvgIpc) is 2.02. The molecule has 1 amide bonds. The Balaban J connectivity index is 3.91. The first kappa shape index (κ1) is 12.5. The Morgan fingerprint density at radius 1 is 1.43 bits per heavy atom. The van der Waals surface area contributed by atoms with Crippen LogP contribution in [0, 0.1) is 12.3 Å². The molecular formula is C9H14N2O3. The molecular weight excluding hydrogens is 184 g/mol. The predicted octanol–water partition coefficient (Wildman–Crippen LogP) is -0.728. The summed E-state index contributed by atoms with van der Waals surface area (Å²) in [6.45, 7) is 0.240. The summed E-state index contributed by atoms with van der Waals surface area (Å²) in [7, 11) is 0. The highest BCUT2D eigenvalue weighted by molar-refractivity contribution is 5.77. The summed E-state index contributed by atoms with van der Waals surface area (Å²) in [4.78, 5) is 22.4. The van der Waals surface area contributed by atoms with Crippen LogP contribution in [0.2, 0.25) is 0 Å². The van der Waals surface area contributed by atoms with E-state index in [2.05, 4.69) is 5.92 Å². The normalized spacial score (nSPS) is 9.71. The van der Waals surface area contributed by atoms with E-state index in [0.717, 1.165) is 0 Å². The van der Waals surface area contributed by atoms with E-state index in [9.17, 15) is 9.59 Å². The van der Waals surface area contributed by atoms with Crippen LogP contribution in [0.15, 0.2) is 0 Å². The van der Waals surface area contributed by atoms with Gasteiger partial charge < -0.3 is 10.8 Å². The lowest BCUT2D eigenvalue weighted by Crippen LogP contribution is -2.37. The van der Waals surface area contributed by atoms with Gasteiger partial charge in [-0.1, -0.05) is 0 Å². The standard InChI is InChI=1S/C9H14N2O3/c1-2-3-4-5-11(6-8(10)12)7-9(13)14/h1H,3-7H2,(H2,10,12)(H,13,14). The number of nitrogens with two attached hydrogens (primary N) is 1. The number of rotatable bonds is 7. The van der Waals surface area contributed by atoms with Gasteiger partial charge in [0.05, 0.1) is 13.1 Å². The van der Waals surface area contributed by atoms with Crippen molar-refractivity contribution in [3.63, 3.8) is 0 Å². The minimum absolute atomic E-state index is 0.0448. The van der Waals surface area contributed by atoms with Crippen molar-refractivity contribution in [3.05, 3.63) is 0 Å². The molecule has 0 rings (SSSR count). The number of carbonyl (C=O) groups is 2. The number of hydrogen-bond donors (Lipinski definition) is 2. The molecule has 0 aromatic rings. The first-order valence-corrected chi connectivity index (χ1v) is 4.22. The summed E-state index contributed by atoms with van der Waals surface area (Å²) in [5, 5.41) is 8.52. The molecule has 3 N–H and O–H groups in total. The van der Waals surface area contributed by atoms with Gasteiger partial charge in [0.15, 0.2) is 0 Å². The van der Waals surface area contributed by atoms with Gasteiger partial charge in [-0.05, 0) is 6.42 Å². The van der Waals surface area contributed by atoms with E-state index in [0.29, 0.717) is 19.4 Å². The van der Waals surface area contributed by atoms with Crippen molar-refractivity contribution in [3.8, 4) is 12.3 Å². The SMILES string of the molecule is C#CCCCN(CC(N)=O)CC(=O)O. The van der Waals surface area contributed by atoms with Crippen LogP contribution in [0.3, 0.4) is 0 Å². The molecule has 0 aliphatic rings. The van der Waals surface area contributed by atoms with Crippen LogP contribution < -0.4 is 5.73 Å². The molecule has 0 saturated heterocycles. The van der Waals surface area contributed by atoms with Gasteiger partial charge in [0.1, 0.15) is 0 Å². The summed E-state index contributed by atoms with van der Waals surface area (Å²) >= 11 is 0. The van der Waals surface area contributed by atoms with Crippen LogP contribution in [0.1, 0.15) is 12.8 Å². The van der Waals surface area contributed by atoms with Gasteiger partial charge >= 0.3 is 5.97 Å². The molecule has 78 valence electrons. The maximum Gasteiger partial charge on any atom is 0.317 e. The van der Waals surface area contributed by atoms with Crippen LogP contribution in [-0.4, -0.2) is 41.5 Å². The van der Waals surface area contributed by atoms with Gasteiger partial charge in [-0.15, -0.1) is 12.3 Å². The number of unbranched alkanes of at least 4 members (excludes halogenated alkanes) is 1. The minimum Gasteiger partial charge on any atom is -0.480 e. The molecule has 0 atom stereocenters. The van der Waals surface area contributed by atoms with E-state index >= 15 is 0 Å². The van der Waals surface area contributed by atoms with Crippen LogP contribution in [0.5, 0.6) is 0 Å². The monoisotopic (exact) mass is 198 g/mol. The summed E-state index contributed by atoms with van der Waals surface area (Å²) in [6.07, 6.45) is 6.27. The van der Waals surface area contributed by atoms with Gasteiger partial charge in [-0.2, -0.15) is 0 Å². The number of terminal acetylenes is 1. The van der Waals surface area contributed by atoms with Crippen LogP contribution >= 0.6 is 0 Å². The van der Waals surface area contributed by atoms with Crippen LogP contribution in [0.4, 0.5) is 0 Å². The highest BCUT2D eigenvalue weighted by Crippen LogP contribution is 1.94. The summed E-state index contributed by atoms with van der Waals surface area (Å²) < 4.78 is 0. The van der Waals surface area contributed by atoms with Crippen molar-refractivity contribution in [1.82, 2.24) is 4.90 Å². The van der Waals surface area contributed by atoms with Crippen molar-refractivity contribution < 1.29 is 14.7 Å². The minimum atomic E-state index is -0.980. The number of amides is 1. The number of aliphatic carboxylic acids is 1. The fraction of sp³-hybridized carbons (Fsp3) is 0.556. The highest BCUT2D eigenvalue weighted by Gasteiger charge is 2.11. The lowest BCUT2D eigenvalue weighted by atomic mass is 10.3. The molecule has 0 fully saturated rings. The fourth-order valence-corrected chi connectivity index (χ4v) is 1.03. The molecule has 0 heterocycles. The summed E-state index contributed by atoms with van der Waals surface area (Å²) in [6, 6.07) is 0. The molecule has 0 aromatic carbocycles. The Bertz CT molecular complexity index is 229. The quantitative estimate of drug-likeness (QED) is 0.417. The number of hydrogen-bond acceptors (Lipinski definition) is 3. The molecule has 14 heavy (non-hydrogen) atoms. The summed E-state index contributed by atoms with van der Waals surface area (Å²) in [5.74, 6) is 0.925. The van der Waals surface area contributed by atoms with Crippen molar-refractivity contribution in [2.24, 2.45) is 5.73 Å². The Morgan fingerprint density at radius 3 is 2.50 bits per heavy atom. The van der Waals surface area contributed by atoms with E-state index in [1.807, 2.05) is 0 Å². The third-order valence-corrected chi connectivity index (χ3v) is 1.53. The smallest absolute Gasteiger partial charge is 0.317 e. The van der Waals surface area contributed by atoms with Gasteiger partial charge in [-0.3, -0.25) is 14.5 Å². The Hall–Kier alpha value is -1.54. The third-order valence-electron chi connectivity index (χ3n) is 1.53. The zero-order valence-corrected chi connectivity index (χ0v) is 7.90. The van der Waals surface area contributed by atoms with E-state index < -0.39 is 11.9 Å². The fourth-order valence-electron chi connectivity index (χ4n) is 1.03. The molecule has 0 bridgehead atoms. The van der Waals surface area contributed by atoms with Crippen LogP contribution in [0.25, 0.3) is 0 Å². The molecule has 0 aromatic heterocycles. The van der Waals surface area contributed by atoms with Gasteiger partial charge in [0.25, 0.3) is 0 Å². The second-order valence-corrected chi connectivity index (χ2v) is 2.88. The van der Waals surface area contributed by atoms with Gasteiger partial charge in [0, 0.05) is 13.0 Å². The van der Waals surface area contributed by atoms with Crippen molar-refractivity contribution in [2.75, 3.05) is 19.6 Å². The Labute approximate surface area is 82.9 Å². The zero-order chi connectivity index (χ0) is 11.0. The number of nitrogens with zero attached hydrogens (tertiary/aromatic N) is 1. The lowest BCUT2D eigenvalue weighted by molar-refractivity contribution is -0.138.